The van der Waals surface area contributed by atoms with E-state index < -0.39 is 0 Å². The van der Waals surface area contributed by atoms with Crippen molar-refractivity contribution in [2.45, 2.75) is 57.4 Å². The largest absolute Gasteiger partial charge is 0.381 e. The Hall–Kier alpha value is -0.0800. The van der Waals surface area contributed by atoms with E-state index in [2.05, 4.69) is 6.92 Å². The van der Waals surface area contributed by atoms with E-state index >= 15 is 0 Å². The highest BCUT2D eigenvalue weighted by Crippen LogP contribution is 2.50. The second-order valence-corrected chi connectivity index (χ2v) is 5.36. The molecule has 2 rings (SSSR count). The molecule has 14 heavy (non-hydrogen) atoms. The van der Waals surface area contributed by atoms with Crippen LogP contribution in [0.4, 0.5) is 0 Å². The summed E-state index contributed by atoms with van der Waals surface area (Å²) in [4.78, 5) is 0. The maximum atomic E-state index is 6.45. The van der Waals surface area contributed by atoms with E-state index in [9.17, 15) is 0 Å². The highest BCUT2D eigenvalue weighted by Gasteiger charge is 2.42. The molecule has 0 unspecified atom stereocenters. The van der Waals surface area contributed by atoms with Gasteiger partial charge in [0.25, 0.3) is 0 Å². The van der Waals surface area contributed by atoms with Gasteiger partial charge in [0.1, 0.15) is 0 Å². The van der Waals surface area contributed by atoms with Crippen LogP contribution in [0.1, 0.15) is 51.9 Å². The van der Waals surface area contributed by atoms with E-state index in [0.717, 1.165) is 26.1 Å². The molecule has 0 atom stereocenters. The summed E-state index contributed by atoms with van der Waals surface area (Å²) < 4.78 is 5.38. The van der Waals surface area contributed by atoms with Gasteiger partial charge in [-0.05, 0) is 37.5 Å². The standard InChI is InChI=1S/C12H23NO/c1-2-11(4-3-5-11)10-12(13)6-8-14-9-7-12/h2-10,13H2,1H3. The highest BCUT2D eigenvalue weighted by atomic mass is 16.5. The predicted molar refractivity (Wildman–Crippen MR) is 58.2 cm³/mol. The van der Waals surface area contributed by atoms with Gasteiger partial charge < -0.3 is 10.5 Å². The Bertz CT molecular complexity index is 187. The number of hydrogen-bond acceptors (Lipinski definition) is 2. The van der Waals surface area contributed by atoms with Gasteiger partial charge in [-0.2, -0.15) is 0 Å². The number of hydrogen-bond donors (Lipinski definition) is 1. The summed E-state index contributed by atoms with van der Waals surface area (Å²) in [5, 5.41) is 0. The Balaban J connectivity index is 1.93. The summed E-state index contributed by atoms with van der Waals surface area (Å²) in [6.45, 7) is 4.06. The molecule has 1 heterocycles. The van der Waals surface area contributed by atoms with Crippen LogP contribution >= 0.6 is 0 Å². The predicted octanol–water partition coefficient (Wildman–Crippen LogP) is 2.46. The van der Waals surface area contributed by atoms with Crippen molar-refractivity contribution in [1.82, 2.24) is 0 Å². The molecule has 2 heteroatoms. The summed E-state index contributed by atoms with van der Waals surface area (Å²) in [6.07, 6.45) is 8.91. The summed E-state index contributed by atoms with van der Waals surface area (Å²) >= 11 is 0. The topological polar surface area (TPSA) is 35.2 Å². The van der Waals surface area contributed by atoms with Crippen molar-refractivity contribution >= 4 is 0 Å². The Labute approximate surface area is 87.2 Å². The first-order valence-corrected chi connectivity index (χ1v) is 6.05. The SMILES string of the molecule is CCC1(CC2(N)CCOCC2)CCC1. The van der Waals surface area contributed by atoms with Crippen LogP contribution in [0.5, 0.6) is 0 Å². The van der Waals surface area contributed by atoms with Crippen molar-refractivity contribution in [3.63, 3.8) is 0 Å². The molecule has 1 aliphatic carbocycles. The maximum absolute atomic E-state index is 6.45. The molecule has 2 nitrogen and oxygen atoms in total. The van der Waals surface area contributed by atoms with Crippen LogP contribution in [0.25, 0.3) is 0 Å². The molecule has 0 bridgehead atoms. The molecule has 2 aliphatic rings. The van der Waals surface area contributed by atoms with Gasteiger partial charge in [0, 0.05) is 18.8 Å². The fourth-order valence-electron chi connectivity index (χ4n) is 3.03. The second kappa shape index (κ2) is 3.82. The van der Waals surface area contributed by atoms with E-state index in [4.69, 9.17) is 10.5 Å². The van der Waals surface area contributed by atoms with Crippen LogP contribution in [0.15, 0.2) is 0 Å². The molecule has 0 aromatic heterocycles. The lowest BCUT2D eigenvalue weighted by Gasteiger charge is -2.48. The van der Waals surface area contributed by atoms with Crippen molar-refractivity contribution < 1.29 is 4.74 Å². The van der Waals surface area contributed by atoms with Crippen molar-refractivity contribution in [1.29, 1.82) is 0 Å². The first-order valence-electron chi connectivity index (χ1n) is 6.05. The Kier molecular flexibility index (Phi) is 2.85. The minimum atomic E-state index is 0.0919. The molecule has 0 amide bonds. The van der Waals surface area contributed by atoms with E-state index in [-0.39, 0.29) is 5.54 Å². The normalized spacial score (nSPS) is 29.6. The van der Waals surface area contributed by atoms with Gasteiger partial charge in [0.2, 0.25) is 0 Å². The van der Waals surface area contributed by atoms with Crippen molar-refractivity contribution in [2.75, 3.05) is 13.2 Å². The van der Waals surface area contributed by atoms with Crippen LogP contribution in [0, 0.1) is 5.41 Å². The average Bonchev–Trinajstić information content (AvgIpc) is 2.13. The van der Waals surface area contributed by atoms with Gasteiger partial charge in [-0.15, -0.1) is 0 Å². The third kappa shape index (κ3) is 1.96. The Morgan fingerprint density at radius 1 is 1.14 bits per heavy atom. The van der Waals surface area contributed by atoms with Gasteiger partial charge in [-0.3, -0.25) is 0 Å². The summed E-state index contributed by atoms with van der Waals surface area (Å²) in [5.74, 6) is 0. The summed E-state index contributed by atoms with van der Waals surface area (Å²) in [6, 6.07) is 0. The second-order valence-electron chi connectivity index (χ2n) is 5.36. The molecule has 0 spiro atoms. The van der Waals surface area contributed by atoms with Crippen LogP contribution < -0.4 is 5.73 Å². The number of rotatable bonds is 3. The number of nitrogens with two attached hydrogens (primary N) is 1. The smallest absolute Gasteiger partial charge is 0.0483 e. The minimum Gasteiger partial charge on any atom is -0.381 e. The molecule has 82 valence electrons. The Morgan fingerprint density at radius 2 is 1.79 bits per heavy atom. The summed E-state index contributed by atoms with van der Waals surface area (Å²) in [7, 11) is 0. The first-order chi connectivity index (χ1) is 6.68. The molecule has 1 saturated heterocycles. The van der Waals surface area contributed by atoms with Gasteiger partial charge in [0.15, 0.2) is 0 Å². The lowest BCUT2D eigenvalue weighted by molar-refractivity contribution is 0.00708. The molecular formula is C12H23NO. The van der Waals surface area contributed by atoms with Crippen LogP contribution in [-0.2, 0) is 4.74 Å². The molecule has 2 fully saturated rings. The van der Waals surface area contributed by atoms with Crippen molar-refractivity contribution in [3.05, 3.63) is 0 Å². The van der Waals surface area contributed by atoms with Gasteiger partial charge in [-0.1, -0.05) is 19.8 Å². The molecule has 2 N–H and O–H groups in total. The summed E-state index contributed by atoms with van der Waals surface area (Å²) in [5.41, 5.74) is 7.15. The fraction of sp³-hybridized carbons (Fsp3) is 1.00. The fourth-order valence-corrected chi connectivity index (χ4v) is 3.03. The molecular weight excluding hydrogens is 174 g/mol. The van der Waals surface area contributed by atoms with E-state index in [1.54, 1.807) is 0 Å². The lowest BCUT2D eigenvalue weighted by atomic mass is 9.60. The Morgan fingerprint density at radius 3 is 2.21 bits per heavy atom. The van der Waals surface area contributed by atoms with Gasteiger partial charge >= 0.3 is 0 Å². The molecule has 0 aromatic rings. The first kappa shape index (κ1) is 10.4. The van der Waals surface area contributed by atoms with Gasteiger partial charge in [0.05, 0.1) is 0 Å². The van der Waals surface area contributed by atoms with Crippen LogP contribution in [0.2, 0.25) is 0 Å². The third-order valence-corrected chi connectivity index (χ3v) is 4.38. The minimum absolute atomic E-state index is 0.0919. The molecule has 1 aliphatic heterocycles. The zero-order chi connectivity index (χ0) is 10.1. The molecule has 1 saturated carbocycles. The maximum Gasteiger partial charge on any atom is 0.0483 e. The molecule has 0 radical (unpaired) electrons. The zero-order valence-corrected chi connectivity index (χ0v) is 9.35. The van der Waals surface area contributed by atoms with E-state index in [1.165, 1.54) is 32.1 Å². The molecule has 0 aromatic carbocycles. The quantitative estimate of drug-likeness (QED) is 0.754. The van der Waals surface area contributed by atoms with Crippen molar-refractivity contribution in [3.8, 4) is 0 Å². The zero-order valence-electron chi connectivity index (χ0n) is 9.35. The van der Waals surface area contributed by atoms with E-state index in [1.807, 2.05) is 0 Å². The van der Waals surface area contributed by atoms with Crippen LogP contribution in [-0.4, -0.2) is 18.8 Å². The van der Waals surface area contributed by atoms with Crippen molar-refractivity contribution in [2.24, 2.45) is 11.1 Å². The van der Waals surface area contributed by atoms with E-state index in [0.29, 0.717) is 5.41 Å². The number of ether oxygens (including phenoxy) is 1. The highest BCUT2D eigenvalue weighted by molar-refractivity contribution is 4.97. The third-order valence-electron chi connectivity index (χ3n) is 4.38. The van der Waals surface area contributed by atoms with Crippen LogP contribution in [0.3, 0.4) is 0 Å². The monoisotopic (exact) mass is 197 g/mol. The van der Waals surface area contributed by atoms with Gasteiger partial charge in [-0.25, -0.2) is 0 Å². The lowest BCUT2D eigenvalue weighted by Crippen LogP contribution is -2.50. The average molecular weight is 197 g/mol.